The van der Waals surface area contributed by atoms with Crippen LogP contribution >= 0.6 is 0 Å². The lowest BCUT2D eigenvalue weighted by Crippen LogP contribution is -2.48. The van der Waals surface area contributed by atoms with Crippen LogP contribution in [-0.4, -0.2) is 49.2 Å². The third kappa shape index (κ3) is 6.08. The molecule has 2 unspecified atom stereocenters. The van der Waals surface area contributed by atoms with E-state index in [9.17, 15) is 5.11 Å². The van der Waals surface area contributed by atoms with Gasteiger partial charge in [0.05, 0.1) is 18.3 Å². The Morgan fingerprint density at radius 2 is 2.10 bits per heavy atom. The Labute approximate surface area is 124 Å². The molecule has 20 heavy (non-hydrogen) atoms. The van der Waals surface area contributed by atoms with Crippen LogP contribution in [0.3, 0.4) is 0 Å². The normalized spacial score (nSPS) is 23.7. The molecule has 0 amide bonds. The van der Waals surface area contributed by atoms with Gasteiger partial charge in [0.2, 0.25) is 0 Å². The molecule has 2 N–H and O–H groups in total. The summed E-state index contributed by atoms with van der Waals surface area (Å²) in [5.41, 5.74) is 0.0402. The van der Waals surface area contributed by atoms with Crippen LogP contribution in [0.4, 0.5) is 0 Å². The summed E-state index contributed by atoms with van der Waals surface area (Å²) in [5, 5.41) is 13.4. The lowest BCUT2D eigenvalue weighted by Gasteiger charge is -2.40. The summed E-state index contributed by atoms with van der Waals surface area (Å²) in [5.74, 6) is 0. The lowest BCUT2D eigenvalue weighted by molar-refractivity contribution is -0.0941. The zero-order valence-corrected chi connectivity index (χ0v) is 13.5. The van der Waals surface area contributed by atoms with Crippen molar-refractivity contribution in [3.63, 3.8) is 0 Å². The van der Waals surface area contributed by atoms with Gasteiger partial charge in [-0.1, -0.05) is 27.2 Å². The predicted molar refractivity (Wildman–Crippen MR) is 82.0 cm³/mol. The third-order valence-corrected chi connectivity index (χ3v) is 4.38. The van der Waals surface area contributed by atoms with Crippen molar-refractivity contribution in [1.29, 1.82) is 0 Å². The number of aliphatic hydroxyl groups is 1. The second-order valence-electron chi connectivity index (χ2n) is 5.92. The van der Waals surface area contributed by atoms with Crippen molar-refractivity contribution in [2.75, 3.05) is 26.4 Å². The molecule has 2 atom stereocenters. The second-order valence-corrected chi connectivity index (χ2v) is 5.92. The van der Waals surface area contributed by atoms with Crippen molar-refractivity contribution in [3.05, 3.63) is 0 Å². The first kappa shape index (κ1) is 17.9. The molecule has 1 saturated heterocycles. The van der Waals surface area contributed by atoms with Crippen molar-refractivity contribution in [3.8, 4) is 0 Å². The zero-order chi connectivity index (χ0) is 14.8. The van der Waals surface area contributed by atoms with E-state index in [4.69, 9.17) is 9.47 Å². The van der Waals surface area contributed by atoms with Gasteiger partial charge in [0.1, 0.15) is 0 Å². The first-order valence-corrected chi connectivity index (χ1v) is 8.29. The molecule has 0 bridgehead atoms. The number of rotatable bonds is 10. The van der Waals surface area contributed by atoms with Crippen LogP contribution in [0.1, 0.15) is 59.3 Å². The maximum atomic E-state index is 9.90. The third-order valence-electron chi connectivity index (χ3n) is 4.38. The van der Waals surface area contributed by atoms with E-state index in [0.717, 1.165) is 51.7 Å². The molecule has 0 spiro atoms. The Morgan fingerprint density at radius 1 is 1.35 bits per heavy atom. The van der Waals surface area contributed by atoms with Crippen molar-refractivity contribution in [2.45, 2.75) is 77.0 Å². The van der Waals surface area contributed by atoms with Crippen molar-refractivity contribution in [2.24, 2.45) is 0 Å². The Kier molecular flexibility index (Phi) is 8.69. The molecule has 4 heteroatoms. The van der Waals surface area contributed by atoms with Gasteiger partial charge in [0.25, 0.3) is 0 Å². The maximum absolute atomic E-state index is 9.90. The molecule has 0 aromatic carbocycles. The topological polar surface area (TPSA) is 50.7 Å². The Bertz CT molecular complexity index is 244. The zero-order valence-electron chi connectivity index (χ0n) is 13.5. The number of ether oxygens (including phenoxy) is 2. The summed E-state index contributed by atoms with van der Waals surface area (Å²) < 4.78 is 11.4. The van der Waals surface area contributed by atoms with Crippen LogP contribution in [0.15, 0.2) is 0 Å². The molecule has 0 aromatic heterocycles. The van der Waals surface area contributed by atoms with Gasteiger partial charge in [-0.15, -0.1) is 0 Å². The Balaban J connectivity index is 2.20. The molecule has 1 heterocycles. The van der Waals surface area contributed by atoms with Crippen molar-refractivity contribution in [1.82, 2.24) is 5.32 Å². The quantitative estimate of drug-likeness (QED) is 0.606. The fourth-order valence-electron chi connectivity index (χ4n) is 2.77. The molecular weight excluding hydrogens is 254 g/mol. The summed E-state index contributed by atoms with van der Waals surface area (Å²) in [7, 11) is 0. The molecule has 120 valence electrons. The first-order chi connectivity index (χ1) is 9.65. The predicted octanol–water partition coefficient (Wildman–Crippen LogP) is 2.49. The molecule has 0 aliphatic carbocycles. The highest BCUT2D eigenvalue weighted by Crippen LogP contribution is 2.31. The lowest BCUT2D eigenvalue weighted by atomic mass is 9.86. The summed E-state index contributed by atoms with van der Waals surface area (Å²) in [4.78, 5) is 0. The van der Waals surface area contributed by atoms with Gasteiger partial charge in [0.15, 0.2) is 0 Å². The minimum absolute atomic E-state index is 0.0402. The molecule has 1 rings (SSSR count). The second kappa shape index (κ2) is 9.72. The summed E-state index contributed by atoms with van der Waals surface area (Å²) in [6.45, 7) is 9.15. The van der Waals surface area contributed by atoms with E-state index >= 15 is 0 Å². The van der Waals surface area contributed by atoms with Crippen molar-refractivity contribution >= 4 is 0 Å². The van der Waals surface area contributed by atoms with Gasteiger partial charge >= 0.3 is 0 Å². The van der Waals surface area contributed by atoms with E-state index < -0.39 is 6.10 Å². The number of nitrogens with one attached hydrogen (secondary N) is 1. The minimum Gasteiger partial charge on any atom is -0.389 e. The van der Waals surface area contributed by atoms with E-state index in [1.165, 1.54) is 0 Å². The SMILES string of the molecule is CCCCOCC(O)CNC1CCOC(CC)(CC)C1. The highest BCUT2D eigenvalue weighted by molar-refractivity contribution is 4.88. The molecule has 1 aliphatic rings. The highest BCUT2D eigenvalue weighted by Gasteiger charge is 2.34. The van der Waals surface area contributed by atoms with Gasteiger partial charge in [-0.2, -0.15) is 0 Å². The summed E-state index contributed by atoms with van der Waals surface area (Å²) >= 11 is 0. The van der Waals surface area contributed by atoms with E-state index in [0.29, 0.717) is 19.2 Å². The van der Waals surface area contributed by atoms with Crippen LogP contribution in [0, 0.1) is 0 Å². The fourth-order valence-corrected chi connectivity index (χ4v) is 2.77. The van der Waals surface area contributed by atoms with Gasteiger partial charge in [-0.3, -0.25) is 0 Å². The van der Waals surface area contributed by atoms with E-state index in [2.05, 4.69) is 26.1 Å². The molecule has 1 fully saturated rings. The number of hydrogen-bond acceptors (Lipinski definition) is 4. The molecule has 4 nitrogen and oxygen atoms in total. The van der Waals surface area contributed by atoms with E-state index in [1.807, 2.05) is 0 Å². The van der Waals surface area contributed by atoms with Gasteiger partial charge < -0.3 is 19.9 Å². The van der Waals surface area contributed by atoms with Gasteiger partial charge in [-0.25, -0.2) is 0 Å². The summed E-state index contributed by atoms with van der Waals surface area (Å²) in [6, 6.07) is 0.453. The monoisotopic (exact) mass is 287 g/mol. The smallest absolute Gasteiger partial charge is 0.0897 e. The number of hydrogen-bond donors (Lipinski definition) is 2. The van der Waals surface area contributed by atoms with Crippen LogP contribution in [0.25, 0.3) is 0 Å². The summed E-state index contributed by atoms with van der Waals surface area (Å²) in [6.07, 6.45) is 5.98. The molecule has 0 aromatic rings. The largest absolute Gasteiger partial charge is 0.389 e. The van der Waals surface area contributed by atoms with Gasteiger partial charge in [-0.05, 0) is 32.1 Å². The average molecular weight is 287 g/mol. The standard InChI is InChI=1S/C16H33NO3/c1-4-7-9-19-13-15(18)12-17-14-8-10-20-16(5-2,6-3)11-14/h14-15,17-18H,4-13H2,1-3H3. The van der Waals surface area contributed by atoms with E-state index in [-0.39, 0.29) is 5.60 Å². The fraction of sp³-hybridized carbons (Fsp3) is 1.00. The molecule has 0 radical (unpaired) electrons. The minimum atomic E-state index is -0.410. The number of unbranched alkanes of at least 4 members (excludes halogenated alkanes) is 1. The Morgan fingerprint density at radius 3 is 2.75 bits per heavy atom. The van der Waals surface area contributed by atoms with Crippen LogP contribution in [0.5, 0.6) is 0 Å². The number of aliphatic hydroxyl groups excluding tert-OH is 1. The van der Waals surface area contributed by atoms with Crippen LogP contribution in [0.2, 0.25) is 0 Å². The maximum Gasteiger partial charge on any atom is 0.0897 e. The molecule has 0 saturated carbocycles. The highest BCUT2D eigenvalue weighted by atomic mass is 16.5. The Hall–Kier alpha value is -0.160. The first-order valence-electron chi connectivity index (χ1n) is 8.29. The molecular formula is C16H33NO3. The van der Waals surface area contributed by atoms with Crippen LogP contribution in [-0.2, 0) is 9.47 Å². The van der Waals surface area contributed by atoms with Crippen molar-refractivity contribution < 1.29 is 14.6 Å². The van der Waals surface area contributed by atoms with E-state index in [1.54, 1.807) is 0 Å². The molecule has 1 aliphatic heterocycles. The van der Waals surface area contributed by atoms with Gasteiger partial charge in [0, 0.05) is 25.8 Å². The van der Waals surface area contributed by atoms with Crippen LogP contribution < -0.4 is 5.32 Å². The average Bonchev–Trinajstić information content (AvgIpc) is 2.49.